The average Bonchev–Trinajstić information content (AvgIpc) is 2.62. The van der Waals surface area contributed by atoms with Crippen LogP contribution in [0.1, 0.15) is 5.56 Å². The van der Waals surface area contributed by atoms with Crippen LogP contribution in [0, 0.1) is 6.92 Å². The maximum Gasteiger partial charge on any atom is 0.184 e. The number of fused-ring (bicyclic) bond motifs is 1. The average molecular weight is 314 g/mol. The molecule has 0 saturated carbocycles. The number of pyridine rings is 1. The molecule has 3 aromatic heterocycles. The summed E-state index contributed by atoms with van der Waals surface area (Å²) in [6.07, 6.45) is 6.71. The summed E-state index contributed by atoms with van der Waals surface area (Å²) < 4.78 is 0. The van der Waals surface area contributed by atoms with Crippen LogP contribution in [0.3, 0.4) is 0 Å². The topological polar surface area (TPSA) is 76.5 Å². The van der Waals surface area contributed by atoms with Crippen LogP contribution in [0.25, 0.3) is 22.6 Å². The summed E-state index contributed by atoms with van der Waals surface area (Å²) in [5, 5.41) is 3.28. The summed E-state index contributed by atoms with van der Waals surface area (Å²) >= 11 is 0. The first-order valence-electron chi connectivity index (χ1n) is 7.52. The van der Waals surface area contributed by atoms with Gasteiger partial charge >= 0.3 is 0 Å². The minimum Gasteiger partial charge on any atom is -0.338 e. The molecule has 6 heteroatoms. The molecule has 1 aromatic carbocycles. The van der Waals surface area contributed by atoms with Crippen LogP contribution in [0.15, 0.2) is 61.2 Å². The molecule has 0 aliphatic rings. The maximum absolute atomic E-state index is 4.66. The van der Waals surface area contributed by atoms with Gasteiger partial charge in [-0.05, 0) is 25.1 Å². The van der Waals surface area contributed by atoms with E-state index in [1.54, 1.807) is 24.8 Å². The number of nitrogens with zero attached hydrogens (tertiary/aromatic N) is 5. The molecule has 0 saturated heterocycles. The van der Waals surface area contributed by atoms with Gasteiger partial charge in [-0.3, -0.25) is 4.98 Å². The standard InChI is InChI=1S/C18H14N6/c1-12-3-2-4-13(11-12)16-23-17-15(20-9-10-21-17)18(24-16)22-14-5-7-19-8-6-14/h2-11H,1H3,(H,19,21,22,23,24). The quantitative estimate of drug-likeness (QED) is 0.623. The summed E-state index contributed by atoms with van der Waals surface area (Å²) in [6.45, 7) is 2.04. The van der Waals surface area contributed by atoms with Gasteiger partial charge in [-0.2, -0.15) is 0 Å². The van der Waals surface area contributed by atoms with Crippen LogP contribution >= 0.6 is 0 Å². The Labute approximate surface area is 138 Å². The number of rotatable bonds is 3. The molecule has 0 spiro atoms. The van der Waals surface area contributed by atoms with Crippen LogP contribution in [0.4, 0.5) is 11.5 Å². The summed E-state index contributed by atoms with van der Waals surface area (Å²) in [7, 11) is 0. The lowest BCUT2D eigenvalue weighted by atomic mass is 10.1. The highest BCUT2D eigenvalue weighted by molar-refractivity contribution is 5.86. The van der Waals surface area contributed by atoms with E-state index in [0.717, 1.165) is 16.8 Å². The van der Waals surface area contributed by atoms with E-state index in [1.807, 2.05) is 43.3 Å². The molecule has 0 aliphatic heterocycles. The fraction of sp³-hybridized carbons (Fsp3) is 0.0556. The van der Waals surface area contributed by atoms with Crippen molar-refractivity contribution in [2.75, 3.05) is 5.32 Å². The van der Waals surface area contributed by atoms with Gasteiger partial charge in [0.15, 0.2) is 22.8 Å². The Bertz CT molecular complexity index is 1000. The van der Waals surface area contributed by atoms with E-state index in [9.17, 15) is 0 Å². The van der Waals surface area contributed by atoms with Gasteiger partial charge in [0.2, 0.25) is 0 Å². The first-order valence-corrected chi connectivity index (χ1v) is 7.52. The highest BCUT2D eigenvalue weighted by Crippen LogP contribution is 2.25. The van der Waals surface area contributed by atoms with Crippen molar-refractivity contribution in [1.82, 2.24) is 24.9 Å². The molecule has 3 heterocycles. The van der Waals surface area contributed by atoms with E-state index in [1.165, 1.54) is 0 Å². The van der Waals surface area contributed by atoms with Crippen molar-refractivity contribution in [1.29, 1.82) is 0 Å². The third kappa shape index (κ3) is 2.77. The number of nitrogens with one attached hydrogen (secondary N) is 1. The van der Waals surface area contributed by atoms with Crippen molar-refractivity contribution in [3.05, 3.63) is 66.7 Å². The lowest BCUT2D eigenvalue weighted by Crippen LogP contribution is -2.01. The highest BCUT2D eigenvalue weighted by atomic mass is 15.1. The Balaban J connectivity index is 1.88. The molecule has 0 bridgehead atoms. The molecule has 0 unspecified atom stereocenters. The second-order valence-electron chi connectivity index (χ2n) is 5.35. The van der Waals surface area contributed by atoms with Gasteiger partial charge in [-0.1, -0.05) is 23.8 Å². The van der Waals surface area contributed by atoms with Gasteiger partial charge in [0.1, 0.15) is 0 Å². The van der Waals surface area contributed by atoms with Crippen molar-refractivity contribution in [2.45, 2.75) is 6.92 Å². The summed E-state index contributed by atoms with van der Waals surface area (Å²) in [5.41, 5.74) is 4.16. The molecule has 4 rings (SSSR count). The third-order valence-electron chi connectivity index (χ3n) is 3.55. The molecular formula is C18H14N6. The van der Waals surface area contributed by atoms with Gasteiger partial charge in [0.05, 0.1) is 0 Å². The molecule has 24 heavy (non-hydrogen) atoms. The zero-order valence-electron chi connectivity index (χ0n) is 13.0. The van der Waals surface area contributed by atoms with Crippen molar-refractivity contribution in [3.63, 3.8) is 0 Å². The van der Waals surface area contributed by atoms with Crippen LogP contribution in [-0.2, 0) is 0 Å². The number of benzene rings is 1. The first-order chi connectivity index (χ1) is 11.8. The van der Waals surface area contributed by atoms with Gasteiger partial charge in [-0.15, -0.1) is 0 Å². The maximum atomic E-state index is 4.66. The number of aromatic nitrogens is 5. The van der Waals surface area contributed by atoms with E-state index in [0.29, 0.717) is 22.8 Å². The largest absolute Gasteiger partial charge is 0.338 e. The number of anilines is 2. The number of hydrogen-bond donors (Lipinski definition) is 1. The summed E-state index contributed by atoms with van der Waals surface area (Å²) in [4.78, 5) is 21.9. The Morgan fingerprint density at radius 2 is 1.71 bits per heavy atom. The van der Waals surface area contributed by atoms with Gasteiger partial charge in [0.25, 0.3) is 0 Å². The van der Waals surface area contributed by atoms with E-state index in [2.05, 4.69) is 30.2 Å². The molecule has 4 aromatic rings. The molecule has 116 valence electrons. The third-order valence-corrected chi connectivity index (χ3v) is 3.55. The molecule has 0 fully saturated rings. The first kappa shape index (κ1) is 14.2. The lowest BCUT2D eigenvalue weighted by molar-refractivity contribution is 1.15. The number of hydrogen-bond acceptors (Lipinski definition) is 6. The monoisotopic (exact) mass is 314 g/mol. The van der Waals surface area contributed by atoms with Crippen LogP contribution in [0.5, 0.6) is 0 Å². The Morgan fingerprint density at radius 1 is 0.875 bits per heavy atom. The van der Waals surface area contributed by atoms with Gasteiger partial charge in [0, 0.05) is 36.0 Å². The molecule has 0 radical (unpaired) electrons. The van der Waals surface area contributed by atoms with Crippen molar-refractivity contribution < 1.29 is 0 Å². The van der Waals surface area contributed by atoms with Gasteiger partial charge in [-0.25, -0.2) is 19.9 Å². The fourth-order valence-corrected chi connectivity index (χ4v) is 2.44. The van der Waals surface area contributed by atoms with Crippen molar-refractivity contribution in [2.24, 2.45) is 0 Å². The minimum atomic E-state index is 0.556. The highest BCUT2D eigenvalue weighted by Gasteiger charge is 2.11. The Hall–Kier alpha value is -3.41. The van der Waals surface area contributed by atoms with Crippen LogP contribution in [0.2, 0.25) is 0 Å². The predicted octanol–water partition coefficient (Wildman–Crippen LogP) is 3.53. The smallest absolute Gasteiger partial charge is 0.184 e. The van der Waals surface area contributed by atoms with Crippen LogP contribution in [-0.4, -0.2) is 24.9 Å². The zero-order valence-corrected chi connectivity index (χ0v) is 13.0. The van der Waals surface area contributed by atoms with Crippen molar-refractivity contribution in [3.8, 4) is 11.4 Å². The minimum absolute atomic E-state index is 0.556. The zero-order chi connectivity index (χ0) is 16.4. The molecule has 0 atom stereocenters. The molecule has 0 aliphatic carbocycles. The second-order valence-corrected chi connectivity index (χ2v) is 5.35. The Morgan fingerprint density at radius 3 is 2.54 bits per heavy atom. The number of aryl methyl sites for hydroxylation is 1. The molecule has 6 nitrogen and oxygen atoms in total. The molecule has 0 amide bonds. The molecule has 1 N–H and O–H groups in total. The predicted molar refractivity (Wildman–Crippen MR) is 92.8 cm³/mol. The van der Waals surface area contributed by atoms with Gasteiger partial charge < -0.3 is 5.32 Å². The fourth-order valence-electron chi connectivity index (χ4n) is 2.44. The van der Waals surface area contributed by atoms with Crippen molar-refractivity contribution >= 4 is 22.7 Å². The SMILES string of the molecule is Cc1cccc(-c2nc(Nc3ccncc3)c3nccnc3n2)c1. The summed E-state index contributed by atoms with van der Waals surface area (Å²) in [6, 6.07) is 11.8. The normalized spacial score (nSPS) is 10.7. The summed E-state index contributed by atoms with van der Waals surface area (Å²) in [5.74, 6) is 1.24. The van der Waals surface area contributed by atoms with E-state index < -0.39 is 0 Å². The molecular weight excluding hydrogens is 300 g/mol. The Kier molecular flexibility index (Phi) is 3.55. The van der Waals surface area contributed by atoms with E-state index in [4.69, 9.17) is 0 Å². The second kappa shape index (κ2) is 6.00. The van der Waals surface area contributed by atoms with E-state index in [-0.39, 0.29) is 0 Å². The van der Waals surface area contributed by atoms with E-state index >= 15 is 0 Å². The van der Waals surface area contributed by atoms with Crippen LogP contribution < -0.4 is 5.32 Å². The lowest BCUT2D eigenvalue weighted by Gasteiger charge is -2.10.